The molecule has 2 heterocycles. The van der Waals surface area contributed by atoms with Crippen molar-refractivity contribution < 1.29 is 14.3 Å². The first-order valence-corrected chi connectivity index (χ1v) is 10.8. The highest BCUT2D eigenvalue weighted by Crippen LogP contribution is 2.24. The number of piperidine rings is 1. The average Bonchev–Trinajstić information content (AvgIpc) is 3.35. The van der Waals surface area contributed by atoms with Crippen LogP contribution in [0.2, 0.25) is 0 Å². The summed E-state index contributed by atoms with van der Waals surface area (Å²) in [6.07, 6.45) is 3.20. The third kappa shape index (κ3) is 5.03. The van der Waals surface area contributed by atoms with E-state index in [1.807, 2.05) is 47.4 Å². The molecule has 1 aliphatic heterocycles. The standard InChI is InChI=1S/C24H27N5O3/c1-32-16-13-25-23(30)22-17-29(27-26-22)21-11-14-28(15-12-21)24(31)20-9-7-19(8-10-20)18-5-3-2-4-6-18/h2-10,17,21H,11-16H2,1H3,(H,25,30). The number of methoxy groups -OCH3 is 1. The van der Waals surface area contributed by atoms with Gasteiger partial charge < -0.3 is 15.0 Å². The van der Waals surface area contributed by atoms with Gasteiger partial charge in [0.1, 0.15) is 0 Å². The third-order valence-corrected chi connectivity index (χ3v) is 5.70. The lowest BCUT2D eigenvalue weighted by molar-refractivity contribution is 0.0689. The van der Waals surface area contributed by atoms with Crippen LogP contribution < -0.4 is 5.32 Å². The molecule has 1 saturated heterocycles. The highest BCUT2D eigenvalue weighted by Gasteiger charge is 2.26. The summed E-state index contributed by atoms with van der Waals surface area (Å²) in [5.74, 6) is -0.222. The molecule has 2 amide bonds. The molecule has 1 N–H and O–H groups in total. The predicted molar refractivity (Wildman–Crippen MR) is 120 cm³/mol. The van der Waals surface area contributed by atoms with Crippen LogP contribution in [0.15, 0.2) is 60.8 Å². The molecular formula is C24H27N5O3. The number of ether oxygens (including phenoxy) is 1. The number of hydrogen-bond acceptors (Lipinski definition) is 5. The van der Waals surface area contributed by atoms with Gasteiger partial charge in [-0.3, -0.25) is 9.59 Å². The molecule has 4 rings (SSSR count). The molecule has 0 aliphatic carbocycles. The molecule has 3 aromatic rings. The van der Waals surface area contributed by atoms with Crippen LogP contribution >= 0.6 is 0 Å². The zero-order valence-electron chi connectivity index (χ0n) is 18.1. The summed E-state index contributed by atoms with van der Waals surface area (Å²) in [7, 11) is 1.58. The van der Waals surface area contributed by atoms with Gasteiger partial charge in [0.15, 0.2) is 5.69 Å². The van der Waals surface area contributed by atoms with Crippen molar-refractivity contribution in [1.29, 1.82) is 0 Å². The maximum absolute atomic E-state index is 12.9. The number of nitrogens with one attached hydrogen (secondary N) is 1. The molecule has 2 aromatic carbocycles. The summed E-state index contributed by atoms with van der Waals surface area (Å²) in [6, 6.07) is 18.0. The van der Waals surface area contributed by atoms with E-state index >= 15 is 0 Å². The van der Waals surface area contributed by atoms with Crippen molar-refractivity contribution in [3.63, 3.8) is 0 Å². The molecule has 0 bridgehead atoms. The first-order valence-electron chi connectivity index (χ1n) is 10.8. The number of carbonyl (C=O) groups is 2. The topological polar surface area (TPSA) is 89.4 Å². The highest BCUT2D eigenvalue weighted by molar-refractivity contribution is 5.94. The number of likely N-dealkylation sites (tertiary alicyclic amines) is 1. The van der Waals surface area contributed by atoms with Crippen molar-refractivity contribution in [3.05, 3.63) is 72.1 Å². The van der Waals surface area contributed by atoms with Gasteiger partial charge in [-0.25, -0.2) is 4.68 Å². The van der Waals surface area contributed by atoms with E-state index in [2.05, 4.69) is 27.8 Å². The second kappa shape index (κ2) is 10.2. The molecule has 32 heavy (non-hydrogen) atoms. The van der Waals surface area contributed by atoms with E-state index in [0.717, 1.165) is 24.0 Å². The van der Waals surface area contributed by atoms with Crippen LogP contribution in [0.4, 0.5) is 0 Å². The summed E-state index contributed by atoms with van der Waals surface area (Å²) in [5.41, 5.74) is 3.21. The smallest absolute Gasteiger partial charge is 0.273 e. The number of hydrogen-bond donors (Lipinski definition) is 1. The van der Waals surface area contributed by atoms with Crippen molar-refractivity contribution in [1.82, 2.24) is 25.2 Å². The highest BCUT2D eigenvalue weighted by atomic mass is 16.5. The average molecular weight is 434 g/mol. The molecule has 0 atom stereocenters. The van der Waals surface area contributed by atoms with Crippen molar-refractivity contribution in [2.45, 2.75) is 18.9 Å². The Morgan fingerprint density at radius 3 is 2.41 bits per heavy atom. The fraction of sp³-hybridized carbons (Fsp3) is 0.333. The number of rotatable bonds is 7. The Morgan fingerprint density at radius 2 is 1.72 bits per heavy atom. The van der Waals surface area contributed by atoms with E-state index in [-0.39, 0.29) is 23.6 Å². The number of nitrogens with zero attached hydrogens (tertiary/aromatic N) is 4. The van der Waals surface area contributed by atoms with E-state index in [1.54, 1.807) is 18.0 Å². The first-order chi connectivity index (χ1) is 15.7. The second-order valence-electron chi connectivity index (χ2n) is 7.80. The van der Waals surface area contributed by atoms with E-state index in [9.17, 15) is 9.59 Å². The molecule has 0 radical (unpaired) electrons. The Labute approximate surface area is 187 Å². The number of carbonyl (C=O) groups excluding carboxylic acids is 2. The molecule has 0 saturated carbocycles. The lowest BCUT2D eigenvalue weighted by Gasteiger charge is -2.32. The molecule has 8 nitrogen and oxygen atoms in total. The van der Waals surface area contributed by atoms with Gasteiger partial charge in [0, 0.05) is 32.3 Å². The van der Waals surface area contributed by atoms with Crippen LogP contribution in [0.3, 0.4) is 0 Å². The Balaban J connectivity index is 1.32. The summed E-state index contributed by atoms with van der Waals surface area (Å²) in [5, 5.41) is 10.8. The molecule has 1 aliphatic rings. The van der Waals surface area contributed by atoms with E-state index in [0.29, 0.717) is 31.8 Å². The van der Waals surface area contributed by atoms with Gasteiger partial charge in [-0.2, -0.15) is 0 Å². The van der Waals surface area contributed by atoms with Gasteiger partial charge in [0.05, 0.1) is 18.8 Å². The lowest BCUT2D eigenvalue weighted by Crippen LogP contribution is -2.39. The van der Waals surface area contributed by atoms with Crippen LogP contribution in [0, 0.1) is 0 Å². The lowest BCUT2D eigenvalue weighted by atomic mass is 10.0. The summed E-state index contributed by atoms with van der Waals surface area (Å²) in [6.45, 7) is 2.15. The van der Waals surface area contributed by atoms with E-state index in [1.165, 1.54) is 0 Å². The van der Waals surface area contributed by atoms with Crippen molar-refractivity contribution in [3.8, 4) is 11.1 Å². The zero-order valence-corrected chi connectivity index (χ0v) is 18.1. The number of benzene rings is 2. The Kier molecular flexibility index (Phi) is 6.91. The van der Waals surface area contributed by atoms with Gasteiger partial charge in [0.2, 0.25) is 0 Å². The van der Waals surface area contributed by atoms with E-state index < -0.39 is 0 Å². The Morgan fingerprint density at radius 1 is 1.03 bits per heavy atom. The molecule has 166 valence electrons. The first kappa shape index (κ1) is 21.7. The van der Waals surface area contributed by atoms with Crippen LogP contribution in [0.1, 0.15) is 39.7 Å². The predicted octanol–water partition coefficient (Wildman–Crippen LogP) is 2.80. The Bertz CT molecular complexity index is 1040. The molecular weight excluding hydrogens is 406 g/mol. The van der Waals surface area contributed by atoms with Gasteiger partial charge in [0.25, 0.3) is 11.8 Å². The molecule has 8 heteroatoms. The zero-order chi connectivity index (χ0) is 22.3. The van der Waals surface area contributed by atoms with Gasteiger partial charge in [-0.05, 0) is 36.1 Å². The molecule has 0 unspecified atom stereocenters. The van der Waals surface area contributed by atoms with Gasteiger partial charge >= 0.3 is 0 Å². The largest absolute Gasteiger partial charge is 0.383 e. The second-order valence-corrected chi connectivity index (χ2v) is 7.80. The molecule has 1 fully saturated rings. The summed E-state index contributed by atoms with van der Waals surface area (Å²) in [4.78, 5) is 26.9. The normalized spacial score (nSPS) is 14.3. The minimum absolute atomic E-state index is 0.0415. The fourth-order valence-electron chi connectivity index (χ4n) is 3.87. The summed E-state index contributed by atoms with van der Waals surface area (Å²) < 4.78 is 6.67. The van der Waals surface area contributed by atoms with Gasteiger partial charge in [-0.1, -0.05) is 47.7 Å². The third-order valence-electron chi connectivity index (χ3n) is 5.70. The monoisotopic (exact) mass is 433 g/mol. The number of aromatic nitrogens is 3. The summed E-state index contributed by atoms with van der Waals surface area (Å²) >= 11 is 0. The van der Waals surface area contributed by atoms with Crippen LogP contribution in [0.25, 0.3) is 11.1 Å². The maximum Gasteiger partial charge on any atom is 0.273 e. The SMILES string of the molecule is COCCNC(=O)c1cn(C2CCN(C(=O)c3ccc(-c4ccccc4)cc3)CC2)nn1. The van der Waals surface area contributed by atoms with Crippen molar-refractivity contribution >= 4 is 11.8 Å². The minimum atomic E-state index is -0.264. The molecule has 1 aromatic heterocycles. The van der Waals surface area contributed by atoms with Crippen LogP contribution in [-0.2, 0) is 4.74 Å². The van der Waals surface area contributed by atoms with Gasteiger partial charge in [-0.15, -0.1) is 5.10 Å². The van der Waals surface area contributed by atoms with Crippen molar-refractivity contribution in [2.24, 2.45) is 0 Å². The fourth-order valence-corrected chi connectivity index (χ4v) is 3.87. The molecule has 0 spiro atoms. The van der Waals surface area contributed by atoms with Crippen molar-refractivity contribution in [2.75, 3.05) is 33.4 Å². The minimum Gasteiger partial charge on any atom is -0.383 e. The van der Waals surface area contributed by atoms with Crippen LogP contribution in [0.5, 0.6) is 0 Å². The Hall–Kier alpha value is -3.52. The maximum atomic E-state index is 12.9. The quantitative estimate of drug-likeness (QED) is 0.579. The number of amides is 2. The van der Waals surface area contributed by atoms with E-state index in [4.69, 9.17) is 4.74 Å². The van der Waals surface area contributed by atoms with Crippen LogP contribution in [-0.4, -0.2) is 65.1 Å².